The molecule has 7 rings (SSSR count). The number of anilines is 1. The molecule has 2 saturated heterocycles. The van der Waals surface area contributed by atoms with E-state index in [-0.39, 0.29) is 67.6 Å². The van der Waals surface area contributed by atoms with Gasteiger partial charge < -0.3 is 41.1 Å². The van der Waals surface area contributed by atoms with Gasteiger partial charge in [-0.05, 0) is 60.4 Å². The number of nitrogens with one attached hydrogen (secondary N) is 2. The molecule has 4 heterocycles. The summed E-state index contributed by atoms with van der Waals surface area (Å²) in [5.74, 6) is -0.608. The number of nitrogens with zero attached hydrogens (tertiary/aromatic N) is 5. The normalized spacial score (nSPS) is 19.0. The fourth-order valence-corrected chi connectivity index (χ4v) is 9.51. The van der Waals surface area contributed by atoms with Gasteiger partial charge in [-0.15, -0.1) is 21.5 Å². The number of hydrogen-bond donors (Lipinski definition) is 5. The van der Waals surface area contributed by atoms with Crippen LogP contribution in [-0.2, 0) is 25.7 Å². The number of carbonyl (C=O) groups is 4. The molecule has 15 nitrogen and oxygen atoms in total. The third kappa shape index (κ3) is 11.9. The van der Waals surface area contributed by atoms with Crippen molar-refractivity contribution < 1.29 is 34.1 Å². The average Bonchev–Trinajstić information content (AvgIpc) is 3.93. The van der Waals surface area contributed by atoms with Crippen LogP contribution in [0.25, 0.3) is 21.7 Å². The number of ether oxygens (including phenoxy) is 1. The molecule has 66 heavy (non-hydrogen) atoms. The maximum absolute atomic E-state index is 14.1. The van der Waals surface area contributed by atoms with Gasteiger partial charge in [0.15, 0.2) is 11.6 Å². The summed E-state index contributed by atoms with van der Waals surface area (Å²) in [5, 5.41) is 35.2. The van der Waals surface area contributed by atoms with Crippen LogP contribution in [-0.4, -0.2) is 103 Å². The van der Waals surface area contributed by atoms with Gasteiger partial charge in [-0.1, -0.05) is 93.9 Å². The number of thiazole rings is 1. The van der Waals surface area contributed by atoms with Gasteiger partial charge in [-0.25, -0.2) is 4.98 Å². The van der Waals surface area contributed by atoms with Crippen molar-refractivity contribution in [2.45, 2.75) is 109 Å². The maximum atomic E-state index is 14.1. The van der Waals surface area contributed by atoms with Crippen molar-refractivity contribution in [2.24, 2.45) is 5.41 Å². The molecule has 0 aliphatic carbocycles. The molecule has 0 spiro atoms. The Labute approximate surface area is 389 Å². The SMILES string of the molecule is Cc1ncsc1-c1ccc(CNC(=O)[C@@H]2C[C@@H](O)CN2C(=O)C(NC(=O)CCCCCC(=O)N2CC(Oc3cc(-c4ccccc4O)nnc3N)CC(c3ccccc3)C2)C(C)(C)C)cc1. The number of aryl methyl sites for hydroxylation is 1. The summed E-state index contributed by atoms with van der Waals surface area (Å²) in [7, 11) is 0. The number of phenols is 1. The van der Waals surface area contributed by atoms with Crippen LogP contribution in [0, 0.1) is 12.3 Å². The van der Waals surface area contributed by atoms with E-state index in [1.54, 1.807) is 41.7 Å². The van der Waals surface area contributed by atoms with Gasteiger partial charge in [-0.2, -0.15) is 0 Å². The van der Waals surface area contributed by atoms with E-state index in [9.17, 15) is 29.4 Å². The first-order valence-corrected chi connectivity index (χ1v) is 23.5. The lowest BCUT2D eigenvalue weighted by molar-refractivity contribution is -0.144. The Balaban J connectivity index is 0.901. The van der Waals surface area contributed by atoms with Crippen molar-refractivity contribution in [2.75, 3.05) is 25.4 Å². The highest BCUT2D eigenvalue weighted by atomic mass is 32.1. The molecule has 348 valence electrons. The number of piperidine rings is 1. The van der Waals surface area contributed by atoms with Crippen LogP contribution in [0.4, 0.5) is 5.82 Å². The number of nitrogens with two attached hydrogens (primary N) is 1. The zero-order chi connectivity index (χ0) is 47.0. The Bertz CT molecular complexity index is 2480. The van der Waals surface area contributed by atoms with E-state index in [1.165, 1.54) is 4.90 Å². The van der Waals surface area contributed by atoms with E-state index in [0.29, 0.717) is 55.8 Å². The Kier molecular flexibility index (Phi) is 15.3. The second kappa shape index (κ2) is 21.3. The van der Waals surface area contributed by atoms with Crippen LogP contribution in [0.2, 0.25) is 0 Å². The number of aliphatic hydroxyl groups is 1. The summed E-state index contributed by atoms with van der Waals surface area (Å²) in [4.78, 5) is 63.4. The van der Waals surface area contributed by atoms with Crippen molar-refractivity contribution in [1.29, 1.82) is 0 Å². The van der Waals surface area contributed by atoms with Gasteiger partial charge in [-0.3, -0.25) is 19.2 Å². The number of hydrogen-bond acceptors (Lipinski definition) is 12. The Morgan fingerprint density at radius 1 is 0.909 bits per heavy atom. The van der Waals surface area contributed by atoms with Gasteiger partial charge in [0.05, 0.1) is 28.7 Å². The third-order valence-corrected chi connectivity index (χ3v) is 13.3. The maximum Gasteiger partial charge on any atom is 0.246 e. The molecule has 2 fully saturated rings. The molecule has 0 bridgehead atoms. The molecule has 2 aliphatic rings. The number of unbranched alkanes of at least 4 members (excludes halogenated alkanes) is 2. The number of benzene rings is 3. The predicted molar refractivity (Wildman–Crippen MR) is 253 cm³/mol. The second-order valence-corrected chi connectivity index (χ2v) is 19.2. The zero-order valence-corrected chi connectivity index (χ0v) is 38.8. The highest BCUT2D eigenvalue weighted by Crippen LogP contribution is 2.35. The molecule has 6 N–H and O–H groups in total. The van der Waals surface area contributed by atoms with E-state index in [4.69, 9.17) is 10.5 Å². The standard InChI is InChI=1S/C50H60N8O7S/c1-31-45(66-30-53-31)34-21-19-32(20-22-34)26-52-48(63)40-24-36(59)28-58(40)49(64)46(50(2,3)4)54-43(61)17-9-6-10-18-44(62)57-27-35(33-13-7-5-8-14-33)23-37(29-57)65-42-25-39(55-56-47(42)51)38-15-11-12-16-41(38)60/h5,7-8,11-16,19-22,25,30,35-37,40,46,59-60H,6,9-10,17-18,23-24,26-29H2,1-4H3,(H2,51,56)(H,52,63)(H,54,61)/t35?,36-,37?,40+,46?/m1/s1. The highest BCUT2D eigenvalue weighted by molar-refractivity contribution is 7.13. The van der Waals surface area contributed by atoms with Gasteiger partial charge in [0.25, 0.3) is 0 Å². The lowest BCUT2D eigenvalue weighted by Gasteiger charge is -2.38. The zero-order valence-electron chi connectivity index (χ0n) is 38.0. The molecular formula is C50H60N8O7S. The van der Waals surface area contributed by atoms with Crippen molar-refractivity contribution in [3.8, 4) is 33.2 Å². The highest BCUT2D eigenvalue weighted by Gasteiger charge is 2.44. The van der Waals surface area contributed by atoms with Gasteiger partial charge in [0.2, 0.25) is 23.6 Å². The number of aromatic nitrogens is 3. The van der Waals surface area contributed by atoms with Gasteiger partial charge >= 0.3 is 0 Å². The third-order valence-electron chi connectivity index (χ3n) is 12.3. The minimum atomic E-state index is -0.933. The number of aliphatic hydroxyl groups excluding tert-OH is 1. The molecule has 0 radical (unpaired) electrons. The van der Waals surface area contributed by atoms with E-state index in [1.807, 2.05) is 80.6 Å². The lowest BCUT2D eigenvalue weighted by Crippen LogP contribution is -2.57. The molecule has 0 saturated carbocycles. The number of likely N-dealkylation sites (tertiary alicyclic amines) is 2. The molecule has 3 unspecified atom stereocenters. The number of phenolic OH excluding ortho intramolecular Hbond substituents is 1. The van der Waals surface area contributed by atoms with Crippen molar-refractivity contribution in [3.05, 3.63) is 107 Å². The first-order chi connectivity index (χ1) is 31.6. The smallest absolute Gasteiger partial charge is 0.246 e. The molecular weight excluding hydrogens is 857 g/mol. The molecule has 5 atom stereocenters. The first kappa shape index (κ1) is 47.6. The first-order valence-electron chi connectivity index (χ1n) is 22.6. The minimum absolute atomic E-state index is 0.0120. The van der Waals surface area contributed by atoms with E-state index < -0.39 is 35.6 Å². The summed E-state index contributed by atoms with van der Waals surface area (Å²) in [6, 6.07) is 24.5. The lowest BCUT2D eigenvalue weighted by atomic mass is 9.85. The fraction of sp³-hybridized carbons (Fsp3) is 0.420. The molecule has 2 aromatic heterocycles. The van der Waals surface area contributed by atoms with E-state index >= 15 is 0 Å². The monoisotopic (exact) mass is 916 g/mol. The molecule has 2 aliphatic heterocycles. The van der Waals surface area contributed by atoms with Gasteiger partial charge in [0, 0.05) is 56.4 Å². The topological polar surface area (TPSA) is 213 Å². The number of para-hydroxylation sites is 1. The van der Waals surface area contributed by atoms with Gasteiger partial charge in [0.1, 0.15) is 29.6 Å². The van der Waals surface area contributed by atoms with Crippen molar-refractivity contribution in [3.63, 3.8) is 0 Å². The molecule has 5 aromatic rings. The fourth-order valence-electron chi connectivity index (χ4n) is 8.70. The van der Waals surface area contributed by atoms with E-state index in [0.717, 1.165) is 27.3 Å². The Morgan fingerprint density at radius 2 is 1.64 bits per heavy atom. The van der Waals surface area contributed by atoms with Crippen molar-refractivity contribution in [1.82, 2.24) is 35.6 Å². The number of aromatic hydroxyl groups is 1. The van der Waals surface area contributed by atoms with Crippen LogP contribution in [0.15, 0.2) is 90.4 Å². The van der Waals surface area contributed by atoms with E-state index in [2.05, 4.69) is 37.9 Å². The molecule has 3 aromatic carbocycles. The molecule has 16 heteroatoms. The average molecular weight is 917 g/mol. The van der Waals surface area contributed by atoms with Crippen LogP contribution in [0.3, 0.4) is 0 Å². The molecule has 4 amide bonds. The number of rotatable bonds is 16. The van der Waals surface area contributed by atoms with Crippen molar-refractivity contribution >= 4 is 40.8 Å². The summed E-state index contributed by atoms with van der Waals surface area (Å²) in [5.41, 5.74) is 12.2. The van der Waals surface area contributed by atoms with Crippen LogP contribution in [0.1, 0.15) is 88.5 Å². The minimum Gasteiger partial charge on any atom is -0.507 e. The van der Waals surface area contributed by atoms with Crippen LogP contribution in [0.5, 0.6) is 11.5 Å². The quantitative estimate of drug-likeness (QED) is 0.0685. The summed E-state index contributed by atoms with van der Waals surface area (Å²) in [6.45, 7) is 8.65. The summed E-state index contributed by atoms with van der Waals surface area (Å²) < 4.78 is 6.45. The number of carbonyl (C=O) groups excluding carboxylic acids is 4. The van der Waals surface area contributed by atoms with Crippen LogP contribution >= 0.6 is 11.3 Å². The number of β-amino-alcohol motifs (C(OH)–C–C–N with tert-alkyl or cyclic N) is 1. The number of nitrogen functional groups attached to an aromatic ring is 1. The number of amides is 4. The van der Waals surface area contributed by atoms with Crippen LogP contribution < -0.4 is 21.1 Å². The summed E-state index contributed by atoms with van der Waals surface area (Å²) in [6.07, 6.45) is 1.60. The Morgan fingerprint density at radius 3 is 2.35 bits per heavy atom. The largest absolute Gasteiger partial charge is 0.507 e. The predicted octanol–water partition coefficient (Wildman–Crippen LogP) is 6.39. The second-order valence-electron chi connectivity index (χ2n) is 18.4. The Hall–Kier alpha value is -6.39. The summed E-state index contributed by atoms with van der Waals surface area (Å²) >= 11 is 1.57.